The number of rotatable bonds is 2. The molecule has 0 saturated heterocycles. The molecule has 2 aromatic rings. The summed E-state index contributed by atoms with van der Waals surface area (Å²) < 4.78 is 13.1. The first-order chi connectivity index (χ1) is 7.99. The van der Waals surface area contributed by atoms with Crippen molar-refractivity contribution in [2.24, 2.45) is 5.73 Å². The van der Waals surface area contributed by atoms with Gasteiger partial charge in [0.05, 0.1) is 5.69 Å². The smallest absolute Gasteiger partial charge is 0.260 e. The van der Waals surface area contributed by atoms with Crippen molar-refractivity contribution in [2.45, 2.75) is 13.8 Å². The maximum absolute atomic E-state index is 13.1. The molecule has 88 valence electrons. The van der Waals surface area contributed by atoms with E-state index in [9.17, 15) is 9.18 Å². The lowest BCUT2D eigenvalue weighted by Gasteiger charge is -1.99. The number of hydrogen-bond acceptors (Lipinski definition) is 3. The molecule has 0 bridgehead atoms. The second kappa shape index (κ2) is 4.25. The molecular weight excluding hydrogens is 239 g/mol. The maximum Gasteiger partial charge on any atom is 0.260 e. The Hall–Kier alpha value is -1.75. The summed E-state index contributed by atoms with van der Waals surface area (Å²) in [5.74, 6) is -0.734. The van der Waals surface area contributed by atoms with Crippen LogP contribution < -0.4 is 5.73 Å². The molecule has 2 rings (SSSR count). The Kier molecular flexibility index (Phi) is 2.93. The number of benzene rings is 1. The van der Waals surface area contributed by atoms with Gasteiger partial charge in [-0.05, 0) is 37.6 Å². The second-order valence-corrected chi connectivity index (χ2v) is 4.76. The average Bonchev–Trinajstić information content (AvgIpc) is 2.64. The fraction of sp³-hybridized carbons (Fsp3) is 0.167. The van der Waals surface area contributed by atoms with Gasteiger partial charge in [-0.1, -0.05) is 0 Å². The van der Waals surface area contributed by atoms with E-state index >= 15 is 0 Å². The average molecular weight is 250 g/mol. The van der Waals surface area contributed by atoms with Gasteiger partial charge >= 0.3 is 0 Å². The van der Waals surface area contributed by atoms with Crippen LogP contribution in [0.15, 0.2) is 18.2 Å². The number of nitrogens with two attached hydrogens (primary N) is 1. The molecule has 1 aromatic heterocycles. The fourth-order valence-electron chi connectivity index (χ4n) is 1.53. The molecule has 0 radical (unpaired) electrons. The molecule has 3 nitrogen and oxygen atoms in total. The first-order valence-corrected chi connectivity index (χ1v) is 5.84. The third-order valence-corrected chi connectivity index (χ3v) is 3.65. The zero-order valence-corrected chi connectivity index (χ0v) is 10.3. The van der Waals surface area contributed by atoms with Crippen LogP contribution in [-0.4, -0.2) is 10.9 Å². The van der Waals surface area contributed by atoms with E-state index in [2.05, 4.69) is 4.98 Å². The molecule has 2 N–H and O–H groups in total. The third-order valence-electron chi connectivity index (χ3n) is 2.43. The summed E-state index contributed by atoms with van der Waals surface area (Å²) in [6.07, 6.45) is 0. The van der Waals surface area contributed by atoms with E-state index in [0.717, 1.165) is 5.56 Å². The zero-order valence-electron chi connectivity index (χ0n) is 9.45. The van der Waals surface area contributed by atoms with Crippen LogP contribution in [0.25, 0.3) is 10.6 Å². The lowest BCUT2D eigenvalue weighted by Crippen LogP contribution is -2.09. The lowest BCUT2D eigenvalue weighted by atomic mass is 10.1. The second-order valence-electron chi connectivity index (χ2n) is 3.76. The van der Waals surface area contributed by atoms with E-state index in [1.54, 1.807) is 26.0 Å². The topological polar surface area (TPSA) is 56.0 Å². The summed E-state index contributed by atoms with van der Waals surface area (Å²) in [4.78, 5) is 15.8. The van der Waals surface area contributed by atoms with Crippen LogP contribution in [0, 0.1) is 19.7 Å². The minimum Gasteiger partial charge on any atom is -0.365 e. The van der Waals surface area contributed by atoms with Crippen molar-refractivity contribution in [1.82, 2.24) is 4.98 Å². The summed E-state index contributed by atoms with van der Waals surface area (Å²) in [5, 5.41) is 0.680. The van der Waals surface area contributed by atoms with E-state index in [0.29, 0.717) is 21.1 Å². The first-order valence-electron chi connectivity index (χ1n) is 5.03. The van der Waals surface area contributed by atoms with Crippen molar-refractivity contribution in [3.8, 4) is 10.6 Å². The molecule has 0 spiro atoms. The summed E-state index contributed by atoms with van der Waals surface area (Å²) in [7, 11) is 0. The molecule has 5 heteroatoms. The molecule has 0 aliphatic carbocycles. The number of nitrogens with zero attached hydrogens (tertiary/aromatic N) is 1. The highest BCUT2D eigenvalue weighted by Gasteiger charge is 2.13. The normalized spacial score (nSPS) is 10.5. The van der Waals surface area contributed by atoms with Gasteiger partial charge in [0.2, 0.25) is 0 Å². The molecule has 0 aliphatic rings. The van der Waals surface area contributed by atoms with Gasteiger partial charge in [0.1, 0.15) is 15.7 Å². The van der Waals surface area contributed by atoms with E-state index in [4.69, 9.17) is 5.73 Å². The predicted octanol–water partition coefficient (Wildman–Crippen LogP) is 2.66. The minimum absolute atomic E-state index is 0.253. The molecule has 17 heavy (non-hydrogen) atoms. The molecule has 0 saturated carbocycles. The van der Waals surface area contributed by atoms with Gasteiger partial charge in [-0.3, -0.25) is 4.79 Å². The Labute approximate surface area is 102 Å². The standard InChI is InChI=1S/C12H11FN2OS/c1-6-5-8(3-4-9(6)13)12-15-7(2)10(17-12)11(14)16/h3-5H,1-2H3,(H2,14,16). The van der Waals surface area contributed by atoms with E-state index in [1.165, 1.54) is 17.4 Å². The Bertz CT molecular complexity index is 592. The highest BCUT2D eigenvalue weighted by molar-refractivity contribution is 7.17. The largest absolute Gasteiger partial charge is 0.365 e. The molecule has 0 fully saturated rings. The maximum atomic E-state index is 13.1. The van der Waals surface area contributed by atoms with E-state index in [1.807, 2.05) is 0 Å². The van der Waals surface area contributed by atoms with Gasteiger partial charge in [0.15, 0.2) is 0 Å². The van der Waals surface area contributed by atoms with Gasteiger partial charge in [-0.2, -0.15) is 0 Å². The van der Waals surface area contributed by atoms with Crippen LogP contribution in [0.2, 0.25) is 0 Å². The number of aromatic nitrogens is 1. The summed E-state index contributed by atoms with van der Waals surface area (Å²) in [6, 6.07) is 4.75. The molecule has 1 heterocycles. The Morgan fingerprint density at radius 3 is 2.65 bits per heavy atom. The Morgan fingerprint density at radius 2 is 2.12 bits per heavy atom. The van der Waals surface area contributed by atoms with Crippen LogP contribution in [0.4, 0.5) is 4.39 Å². The molecule has 0 atom stereocenters. The number of hydrogen-bond donors (Lipinski definition) is 1. The highest BCUT2D eigenvalue weighted by atomic mass is 32.1. The van der Waals surface area contributed by atoms with E-state index in [-0.39, 0.29) is 5.82 Å². The quantitative estimate of drug-likeness (QED) is 0.890. The first kappa shape index (κ1) is 11.7. The highest BCUT2D eigenvalue weighted by Crippen LogP contribution is 2.28. The monoisotopic (exact) mass is 250 g/mol. The van der Waals surface area contributed by atoms with Crippen molar-refractivity contribution < 1.29 is 9.18 Å². The SMILES string of the molecule is Cc1cc(-c2nc(C)c(C(N)=O)s2)ccc1F. The number of carbonyl (C=O) groups excluding carboxylic acids is 1. The Morgan fingerprint density at radius 1 is 1.41 bits per heavy atom. The van der Waals surface area contributed by atoms with Crippen LogP contribution in [0.5, 0.6) is 0 Å². The van der Waals surface area contributed by atoms with Crippen LogP contribution in [0.3, 0.4) is 0 Å². The Balaban J connectivity index is 2.50. The molecule has 1 aromatic carbocycles. The van der Waals surface area contributed by atoms with Crippen molar-refractivity contribution in [2.75, 3.05) is 0 Å². The van der Waals surface area contributed by atoms with Crippen LogP contribution >= 0.6 is 11.3 Å². The molecular formula is C12H11FN2OS. The van der Waals surface area contributed by atoms with Gasteiger partial charge in [-0.25, -0.2) is 9.37 Å². The number of carbonyl (C=O) groups is 1. The molecule has 1 amide bonds. The third kappa shape index (κ3) is 2.19. The summed E-state index contributed by atoms with van der Waals surface area (Å²) in [6.45, 7) is 3.42. The number of amides is 1. The van der Waals surface area contributed by atoms with Crippen molar-refractivity contribution in [3.63, 3.8) is 0 Å². The van der Waals surface area contributed by atoms with Gasteiger partial charge < -0.3 is 5.73 Å². The number of primary amides is 1. The molecule has 0 unspecified atom stereocenters. The van der Waals surface area contributed by atoms with Gasteiger partial charge in [0.25, 0.3) is 5.91 Å². The number of thiazole rings is 1. The van der Waals surface area contributed by atoms with Crippen LogP contribution in [0.1, 0.15) is 20.9 Å². The lowest BCUT2D eigenvalue weighted by molar-refractivity contribution is 0.100. The van der Waals surface area contributed by atoms with Crippen LogP contribution in [-0.2, 0) is 0 Å². The zero-order chi connectivity index (χ0) is 12.6. The predicted molar refractivity (Wildman–Crippen MR) is 65.5 cm³/mol. The molecule has 0 aliphatic heterocycles. The van der Waals surface area contributed by atoms with Gasteiger partial charge in [0, 0.05) is 5.56 Å². The minimum atomic E-state index is -0.481. The number of aryl methyl sites for hydroxylation is 2. The fourth-order valence-corrected chi connectivity index (χ4v) is 2.44. The van der Waals surface area contributed by atoms with E-state index < -0.39 is 5.91 Å². The van der Waals surface area contributed by atoms with Crippen molar-refractivity contribution in [1.29, 1.82) is 0 Å². The van der Waals surface area contributed by atoms with Crippen molar-refractivity contribution >= 4 is 17.2 Å². The van der Waals surface area contributed by atoms with Gasteiger partial charge in [-0.15, -0.1) is 11.3 Å². The summed E-state index contributed by atoms with van der Waals surface area (Å²) in [5.41, 5.74) is 7.19. The summed E-state index contributed by atoms with van der Waals surface area (Å²) >= 11 is 1.23. The number of halogens is 1. The van der Waals surface area contributed by atoms with Crippen molar-refractivity contribution in [3.05, 3.63) is 40.2 Å².